The molecule has 0 saturated carbocycles. The lowest BCUT2D eigenvalue weighted by molar-refractivity contribution is -0.124. The molecule has 0 spiro atoms. The molecule has 0 bridgehead atoms. The van der Waals surface area contributed by atoms with Crippen LogP contribution in [0.4, 0.5) is 9.18 Å². The zero-order valence-corrected chi connectivity index (χ0v) is 18.4. The van der Waals surface area contributed by atoms with Crippen molar-refractivity contribution in [2.75, 3.05) is 13.1 Å². The summed E-state index contributed by atoms with van der Waals surface area (Å²) in [5, 5.41) is 4.25. The smallest absolute Gasteiger partial charge is 0.293 e. The van der Waals surface area contributed by atoms with E-state index in [1.807, 2.05) is 17.5 Å². The molecule has 0 unspecified atom stereocenters. The number of oxazole rings is 1. The average Bonchev–Trinajstić information content (AvgIpc) is 3.51. The van der Waals surface area contributed by atoms with Crippen molar-refractivity contribution in [1.82, 2.24) is 15.2 Å². The number of carbonyl (C=O) groups is 3. The van der Waals surface area contributed by atoms with Crippen LogP contribution in [0.25, 0.3) is 17.4 Å². The van der Waals surface area contributed by atoms with Gasteiger partial charge in [-0.25, -0.2) is 9.37 Å². The van der Waals surface area contributed by atoms with Crippen LogP contribution in [-0.2, 0) is 16.0 Å². The number of thioether (sulfide) groups is 1. The first-order chi connectivity index (χ1) is 15.5. The number of imide groups is 1. The topological polar surface area (TPSA) is 92.5 Å². The van der Waals surface area contributed by atoms with E-state index < -0.39 is 0 Å². The molecular formula is C22H18FN3O4S2. The predicted octanol–water partition coefficient (Wildman–Crippen LogP) is 4.33. The third kappa shape index (κ3) is 5.32. The third-order valence-electron chi connectivity index (χ3n) is 4.60. The number of nitrogens with zero attached hydrogens (tertiary/aromatic N) is 2. The van der Waals surface area contributed by atoms with Gasteiger partial charge in [-0.05, 0) is 53.5 Å². The van der Waals surface area contributed by atoms with Gasteiger partial charge >= 0.3 is 0 Å². The minimum absolute atomic E-state index is 0.103. The molecule has 1 fully saturated rings. The largest absolute Gasteiger partial charge is 0.441 e. The lowest BCUT2D eigenvalue weighted by Crippen LogP contribution is -2.37. The van der Waals surface area contributed by atoms with Gasteiger partial charge in [-0.2, -0.15) is 0 Å². The normalized spacial score (nSPS) is 15.0. The molecule has 1 aliphatic rings. The molecule has 2 aromatic heterocycles. The number of benzene rings is 1. The summed E-state index contributed by atoms with van der Waals surface area (Å²) in [5.41, 5.74) is 0.694. The fraction of sp³-hybridized carbons (Fsp3) is 0.182. The average molecular weight is 472 g/mol. The molecule has 1 aromatic carbocycles. The van der Waals surface area contributed by atoms with Crippen molar-refractivity contribution < 1.29 is 23.2 Å². The summed E-state index contributed by atoms with van der Waals surface area (Å²) in [5.74, 6) is -0.0428. The highest BCUT2D eigenvalue weighted by atomic mass is 32.2. The summed E-state index contributed by atoms with van der Waals surface area (Å²) < 4.78 is 18.6. The SMILES string of the molecule is O=C(CCc1ncc(-c2ccc(F)cc2)o1)NCCN1C(=O)S/C(=C\c2cccs2)C1=O. The number of nitrogens with one attached hydrogen (secondary N) is 1. The maximum absolute atomic E-state index is 13.0. The van der Waals surface area contributed by atoms with E-state index in [2.05, 4.69) is 10.3 Å². The van der Waals surface area contributed by atoms with E-state index in [1.54, 1.807) is 18.2 Å². The number of hydrogen-bond donors (Lipinski definition) is 1. The fourth-order valence-corrected chi connectivity index (χ4v) is 4.57. The van der Waals surface area contributed by atoms with Gasteiger partial charge in [0.1, 0.15) is 5.82 Å². The first-order valence-electron chi connectivity index (χ1n) is 9.76. The molecule has 4 rings (SSSR count). The van der Waals surface area contributed by atoms with Gasteiger partial charge in [-0.15, -0.1) is 11.3 Å². The second-order valence-electron chi connectivity index (χ2n) is 6.82. The first-order valence-corrected chi connectivity index (χ1v) is 11.5. The molecule has 164 valence electrons. The van der Waals surface area contributed by atoms with E-state index in [0.29, 0.717) is 22.1 Å². The Morgan fingerprint density at radius 1 is 1.22 bits per heavy atom. The Morgan fingerprint density at radius 3 is 2.78 bits per heavy atom. The van der Waals surface area contributed by atoms with E-state index >= 15 is 0 Å². The molecular weight excluding hydrogens is 453 g/mol. The van der Waals surface area contributed by atoms with Crippen LogP contribution in [0.5, 0.6) is 0 Å². The van der Waals surface area contributed by atoms with Crippen LogP contribution in [-0.4, -0.2) is 40.0 Å². The second kappa shape index (κ2) is 9.92. The van der Waals surface area contributed by atoms with Crippen LogP contribution >= 0.6 is 23.1 Å². The summed E-state index contributed by atoms with van der Waals surface area (Å²) >= 11 is 2.38. The van der Waals surface area contributed by atoms with E-state index in [9.17, 15) is 18.8 Å². The molecule has 10 heteroatoms. The molecule has 0 aliphatic carbocycles. The number of thiophene rings is 1. The Kier molecular flexibility index (Phi) is 6.81. The maximum Gasteiger partial charge on any atom is 0.293 e. The Hall–Kier alpha value is -3.24. The van der Waals surface area contributed by atoms with Gasteiger partial charge in [-0.3, -0.25) is 19.3 Å². The van der Waals surface area contributed by atoms with Gasteiger partial charge in [-0.1, -0.05) is 6.07 Å². The van der Waals surface area contributed by atoms with Crippen molar-refractivity contribution >= 4 is 46.2 Å². The van der Waals surface area contributed by atoms with Gasteiger partial charge < -0.3 is 9.73 Å². The molecule has 1 aliphatic heterocycles. The maximum atomic E-state index is 13.0. The van der Waals surface area contributed by atoms with E-state index in [1.165, 1.54) is 29.7 Å². The molecule has 1 saturated heterocycles. The zero-order valence-electron chi connectivity index (χ0n) is 16.7. The monoisotopic (exact) mass is 471 g/mol. The van der Waals surface area contributed by atoms with Crippen LogP contribution in [0.1, 0.15) is 17.2 Å². The molecule has 3 heterocycles. The Labute approximate surface area is 191 Å². The Bertz CT molecular complexity index is 1160. The Balaban J connectivity index is 1.22. The number of aryl methyl sites for hydroxylation is 1. The third-order valence-corrected chi connectivity index (χ3v) is 6.32. The van der Waals surface area contributed by atoms with Crippen molar-refractivity contribution in [3.63, 3.8) is 0 Å². The summed E-state index contributed by atoms with van der Waals surface area (Å²) in [6, 6.07) is 9.59. The lowest BCUT2D eigenvalue weighted by atomic mass is 10.2. The van der Waals surface area contributed by atoms with E-state index in [-0.39, 0.29) is 48.8 Å². The molecule has 0 radical (unpaired) electrons. The van der Waals surface area contributed by atoms with Crippen molar-refractivity contribution in [3.05, 3.63) is 69.5 Å². The number of halogens is 1. The van der Waals surface area contributed by atoms with Crippen molar-refractivity contribution in [3.8, 4) is 11.3 Å². The van der Waals surface area contributed by atoms with Crippen molar-refractivity contribution in [2.45, 2.75) is 12.8 Å². The molecule has 1 N–H and O–H groups in total. The Morgan fingerprint density at radius 2 is 2.03 bits per heavy atom. The standard InChI is InChI=1S/C22H18FN3O4S2/c23-15-5-3-14(4-6-15)17-13-25-20(30-17)8-7-19(27)24-9-10-26-21(28)18(32-22(26)29)12-16-2-1-11-31-16/h1-6,11-13H,7-10H2,(H,24,27)/b18-12-. The van der Waals surface area contributed by atoms with Crippen molar-refractivity contribution in [2.24, 2.45) is 0 Å². The minimum atomic E-state index is -0.351. The highest BCUT2D eigenvalue weighted by Gasteiger charge is 2.34. The summed E-state index contributed by atoms with van der Waals surface area (Å²) in [4.78, 5) is 43.2. The number of carbonyl (C=O) groups excluding carboxylic acids is 3. The summed E-state index contributed by atoms with van der Waals surface area (Å²) in [7, 11) is 0. The molecule has 3 amide bonds. The zero-order chi connectivity index (χ0) is 22.5. The van der Waals surface area contributed by atoms with Crippen LogP contribution in [0.3, 0.4) is 0 Å². The molecule has 3 aromatic rings. The molecule has 0 atom stereocenters. The fourth-order valence-electron chi connectivity index (χ4n) is 2.98. The highest BCUT2D eigenvalue weighted by molar-refractivity contribution is 8.18. The van der Waals surface area contributed by atoms with Crippen LogP contribution in [0, 0.1) is 5.82 Å². The van der Waals surface area contributed by atoms with Gasteiger partial charge in [0.2, 0.25) is 5.91 Å². The number of amides is 3. The number of aromatic nitrogens is 1. The van der Waals surface area contributed by atoms with Gasteiger partial charge in [0, 0.05) is 36.4 Å². The van der Waals surface area contributed by atoms with Gasteiger partial charge in [0.05, 0.1) is 11.1 Å². The summed E-state index contributed by atoms with van der Waals surface area (Å²) in [6.07, 6.45) is 3.66. The number of hydrogen-bond acceptors (Lipinski definition) is 7. The van der Waals surface area contributed by atoms with Gasteiger partial charge in [0.15, 0.2) is 11.7 Å². The molecule has 32 heavy (non-hydrogen) atoms. The molecule has 7 nitrogen and oxygen atoms in total. The van der Waals surface area contributed by atoms with Crippen LogP contribution in [0.2, 0.25) is 0 Å². The number of rotatable bonds is 8. The highest BCUT2D eigenvalue weighted by Crippen LogP contribution is 2.32. The van der Waals surface area contributed by atoms with Gasteiger partial charge in [0.25, 0.3) is 11.1 Å². The minimum Gasteiger partial charge on any atom is -0.441 e. The quantitative estimate of drug-likeness (QED) is 0.492. The van der Waals surface area contributed by atoms with Crippen LogP contribution < -0.4 is 5.32 Å². The lowest BCUT2D eigenvalue weighted by Gasteiger charge is -2.12. The van der Waals surface area contributed by atoms with Crippen LogP contribution in [0.15, 0.2) is 57.3 Å². The van der Waals surface area contributed by atoms with E-state index in [0.717, 1.165) is 21.5 Å². The summed E-state index contributed by atoms with van der Waals surface area (Å²) in [6.45, 7) is 0.265. The van der Waals surface area contributed by atoms with Crippen molar-refractivity contribution in [1.29, 1.82) is 0 Å². The first kappa shape index (κ1) is 22.0. The van der Waals surface area contributed by atoms with E-state index in [4.69, 9.17) is 4.42 Å². The predicted molar refractivity (Wildman–Crippen MR) is 120 cm³/mol. The second-order valence-corrected chi connectivity index (χ2v) is 8.80.